The van der Waals surface area contributed by atoms with Crippen molar-refractivity contribution in [3.05, 3.63) is 211 Å². The highest BCUT2D eigenvalue weighted by molar-refractivity contribution is 7.04. The predicted octanol–water partition coefficient (Wildman–Crippen LogP) is 15.8. The molecule has 1 aromatic heterocycles. The quantitative estimate of drug-likeness (QED) is 0.0949. The Kier molecular flexibility index (Phi) is 7.40. The predicted molar refractivity (Wildman–Crippen MR) is 281 cm³/mol. The fourth-order valence-electron chi connectivity index (χ4n) is 12.4. The SMILES string of the molecule is CC1(C)c2cc(-c3c4ccccc4c(-c4ccc5c(c4)-c4cc6c(ccc7ccccc76)cc4[Si]5(C)C)c4ccccc34)ccc2-c2cc3c4ccccc4n(-c4ccccc4)c3cc21. The molecule has 1 nitrogen and oxygen atoms in total. The molecular weight excluding hydrogens is 799 g/mol. The number of aromatic nitrogens is 1. The Balaban J connectivity index is 0.955. The Bertz CT molecular complexity index is 4000. The number of hydrogen-bond acceptors (Lipinski definition) is 0. The van der Waals surface area contributed by atoms with Crippen LogP contribution < -0.4 is 10.4 Å². The van der Waals surface area contributed by atoms with Crippen molar-refractivity contribution in [1.29, 1.82) is 0 Å². The Labute approximate surface area is 379 Å². The molecule has 2 heteroatoms. The third kappa shape index (κ3) is 4.98. The maximum Gasteiger partial charge on any atom is 0.113 e. The lowest BCUT2D eigenvalue weighted by molar-refractivity contribution is 0.661. The van der Waals surface area contributed by atoms with Crippen LogP contribution in [0.2, 0.25) is 13.1 Å². The van der Waals surface area contributed by atoms with E-state index in [0.29, 0.717) is 0 Å². The van der Waals surface area contributed by atoms with Crippen LogP contribution in [0.25, 0.3) is 115 Å². The zero-order chi connectivity index (χ0) is 43.3. The van der Waals surface area contributed by atoms with Crippen LogP contribution in [0.5, 0.6) is 0 Å². The smallest absolute Gasteiger partial charge is 0.113 e. The minimum absolute atomic E-state index is 0.201. The molecule has 0 radical (unpaired) electrons. The second-order valence-electron chi connectivity index (χ2n) is 19.6. The number of hydrogen-bond donors (Lipinski definition) is 0. The van der Waals surface area contributed by atoms with Crippen molar-refractivity contribution in [2.75, 3.05) is 0 Å². The van der Waals surface area contributed by atoms with Crippen LogP contribution in [0.4, 0.5) is 0 Å². The van der Waals surface area contributed by atoms with Gasteiger partial charge in [0.15, 0.2) is 0 Å². The lowest BCUT2D eigenvalue weighted by atomic mass is 9.80. The van der Waals surface area contributed by atoms with Crippen molar-refractivity contribution in [1.82, 2.24) is 4.57 Å². The highest BCUT2D eigenvalue weighted by Crippen LogP contribution is 2.53. The monoisotopic (exact) mass is 843 g/mol. The van der Waals surface area contributed by atoms with Crippen molar-refractivity contribution in [2.24, 2.45) is 0 Å². The van der Waals surface area contributed by atoms with Gasteiger partial charge >= 0.3 is 0 Å². The summed E-state index contributed by atoms with van der Waals surface area (Å²) >= 11 is 0. The average molecular weight is 844 g/mol. The van der Waals surface area contributed by atoms with Gasteiger partial charge in [-0.15, -0.1) is 0 Å². The van der Waals surface area contributed by atoms with Crippen molar-refractivity contribution in [3.63, 3.8) is 0 Å². The molecule has 65 heavy (non-hydrogen) atoms. The van der Waals surface area contributed by atoms with Gasteiger partial charge in [-0.2, -0.15) is 0 Å². The number of nitrogens with zero attached hydrogens (tertiary/aromatic N) is 1. The molecule has 0 unspecified atom stereocenters. The van der Waals surface area contributed by atoms with E-state index in [9.17, 15) is 0 Å². The van der Waals surface area contributed by atoms with E-state index in [1.165, 1.54) is 131 Å². The second kappa shape index (κ2) is 13.0. The van der Waals surface area contributed by atoms with E-state index in [1.54, 1.807) is 5.19 Å². The first-order chi connectivity index (χ1) is 31.8. The summed E-state index contributed by atoms with van der Waals surface area (Å²) in [6, 6.07) is 76.2. The molecule has 306 valence electrons. The Morgan fingerprint density at radius 1 is 0.354 bits per heavy atom. The number of benzene rings is 11. The van der Waals surface area contributed by atoms with Gasteiger partial charge in [0, 0.05) is 21.9 Å². The van der Waals surface area contributed by atoms with Gasteiger partial charge in [-0.1, -0.05) is 179 Å². The second-order valence-corrected chi connectivity index (χ2v) is 23.9. The number of rotatable bonds is 3. The molecule has 0 saturated carbocycles. The summed E-state index contributed by atoms with van der Waals surface area (Å²) in [5.74, 6) is 0. The van der Waals surface area contributed by atoms with Crippen LogP contribution >= 0.6 is 0 Å². The van der Waals surface area contributed by atoms with Gasteiger partial charge in [-0.25, -0.2) is 0 Å². The van der Waals surface area contributed by atoms with Crippen LogP contribution in [0.3, 0.4) is 0 Å². The van der Waals surface area contributed by atoms with Gasteiger partial charge in [0.1, 0.15) is 8.07 Å². The van der Waals surface area contributed by atoms with Crippen LogP contribution in [0.15, 0.2) is 200 Å². The molecule has 2 heterocycles. The zero-order valence-electron chi connectivity index (χ0n) is 37.0. The first-order valence-corrected chi connectivity index (χ1v) is 26.1. The fourth-order valence-corrected chi connectivity index (χ4v) is 15.4. The molecular formula is C63H45NSi. The minimum Gasteiger partial charge on any atom is -0.309 e. The van der Waals surface area contributed by atoms with E-state index in [1.807, 2.05) is 0 Å². The molecule has 0 amide bonds. The van der Waals surface area contributed by atoms with Crippen molar-refractivity contribution < 1.29 is 0 Å². The van der Waals surface area contributed by atoms with E-state index in [-0.39, 0.29) is 5.41 Å². The molecule has 0 N–H and O–H groups in total. The third-order valence-electron chi connectivity index (χ3n) is 15.5. The Hall–Kier alpha value is -7.52. The molecule has 12 aromatic rings. The summed E-state index contributed by atoms with van der Waals surface area (Å²) in [6.07, 6.45) is 0. The molecule has 2 aliphatic rings. The van der Waals surface area contributed by atoms with E-state index >= 15 is 0 Å². The third-order valence-corrected chi connectivity index (χ3v) is 19.1. The molecule has 14 rings (SSSR count). The number of fused-ring (bicyclic) bond motifs is 14. The summed E-state index contributed by atoms with van der Waals surface area (Å²) in [7, 11) is -1.94. The van der Waals surface area contributed by atoms with Gasteiger partial charge in [-0.3, -0.25) is 0 Å². The summed E-state index contributed by atoms with van der Waals surface area (Å²) in [5.41, 5.74) is 16.9. The van der Waals surface area contributed by atoms with Gasteiger partial charge in [0.05, 0.1) is 11.0 Å². The summed E-state index contributed by atoms with van der Waals surface area (Å²) in [4.78, 5) is 0. The lowest BCUT2D eigenvalue weighted by Gasteiger charge is -2.23. The molecule has 1 aliphatic heterocycles. The van der Waals surface area contributed by atoms with Gasteiger partial charge in [0.2, 0.25) is 0 Å². The topological polar surface area (TPSA) is 4.93 Å². The van der Waals surface area contributed by atoms with Crippen molar-refractivity contribution >= 4 is 83.3 Å². The first kappa shape index (κ1) is 36.9. The van der Waals surface area contributed by atoms with E-state index < -0.39 is 8.07 Å². The van der Waals surface area contributed by atoms with Gasteiger partial charge in [0.25, 0.3) is 0 Å². The van der Waals surface area contributed by atoms with Crippen LogP contribution in [0.1, 0.15) is 25.0 Å². The Morgan fingerprint density at radius 3 is 1.63 bits per heavy atom. The van der Waals surface area contributed by atoms with Crippen LogP contribution in [-0.4, -0.2) is 12.6 Å². The zero-order valence-corrected chi connectivity index (χ0v) is 38.0. The first-order valence-electron chi connectivity index (χ1n) is 23.1. The normalized spacial score (nSPS) is 14.4. The maximum absolute atomic E-state index is 2.53. The molecule has 0 spiro atoms. The molecule has 0 fully saturated rings. The van der Waals surface area contributed by atoms with Crippen molar-refractivity contribution in [3.8, 4) is 50.2 Å². The minimum atomic E-state index is -1.94. The summed E-state index contributed by atoms with van der Waals surface area (Å²) in [5, 5.41) is 16.1. The van der Waals surface area contributed by atoms with E-state index in [2.05, 4.69) is 232 Å². The fraction of sp³-hybridized carbons (Fsp3) is 0.0794. The highest BCUT2D eigenvalue weighted by Gasteiger charge is 2.39. The molecule has 0 bridgehead atoms. The molecule has 11 aromatic carbocycles. The average Bonchev–Trinajstić information content (AvgIpc) is 3.87. The van der Waals surface area contributed by atoms with Crippen LogP contribution in [-0.2, 0) is 5.41 Å². The standard InChI is InChI=1S/C63H45NSi/c1-63(2)55-33-41(28-30-44(55)51-36-52-45-20-14-15-25-57(45)64(58(52)37-56(51)63)42-17-6-5-7-18-42)62-48-23-12-10-21-46(48)61(47-22-11-13-24-49(47)62)40-29-31-59-53(32-40)54-35-50-39(34-60(54)65(59,3)4)27-26-38-16-8-9-19-43(38)50/h5-37H,1-4H3. The van der Waals surface area contributed by atoms with E-state index in [4.69, 9.17) is 0 Å². The Morgan fingerprint density at radius 2 is 0.908 bits per heavy atom. The highest BCUT2D eigenvalue weighted by atomic mass is 28.3. The van der Waals surface area contributed by atoms with E-state index in [0.717, 1.165) is 0 Å². The van der Waals surface area contributed by atoms with Gasteiger partial charge < -0.3 is 4.57 Å². The van der Waals surface area contributed by atoms with Crippen molar-refractivity contribution in [2.45, 2.75) is 32.4 Å². The molecule has 0 saturated heterocycles. The van der Waals surface area contributed by atoms with Gasteiger partial charge in [-0.05, 0) is 158 Å². The maximum atomic E-state index is 2.53. The number of para-hydroxylation sites is 2. The van der Waals surface area contributed by atoms with Crippen LogP contribution in [0, 0.1) is 0 Å². The summed E-state index contributed by atoms with van der Waals surface area (Å²) < 4.78 is 2.45. The largest absolute Gasteiger partial charge is 0.309 e. The summed E-state index contributed by atoms with van der Waals surface area (Å²) in [6.45, 7) is 9.91. The molecule has 1 aliphatic carbocycles. The molecule has 0 atom stereocenters. The lowest BCUT2D eigenvalue weighted by Crippen LogP contribution is -2.49.